The molecule has 0 aliphatic carbocycles. The largest absolute Gasteiger partial charge is 0.490 e. The molecule has 2 saturated heterocycles. The van der Waals surface area contributed by atoms with Gasteiger partial charge in [-0.1, -0.05) is 60.4 Å². The molecule has 0 spiro atoms. The Hall–Kier alpha value is -2.35. The van der Waals surface area contributed by atoms with E-state index in [1.807, 2.05) is 61.5 Å². The highest BCUT2D eigenvalue weighted by atomic mass is 32.2. The Morgan fingerprint density at radius 3 is 2.77 bits per heavy atom. The van der Waals surface area contributed by atoms with Gasteiger partial charge in [-0.15, -0.1) is 0 Å². The van der Waals surface area contributed by atoms with E-state index in [2.05, 4.69) is 0 Å². The van der Waals surface area contributed by atoms with Crippen LogP contribution < -0.4 is 9.47 Å². The van der Waals surface area contributed by atoms with Crippen LogP contribution in [0, 0.1) is 0 Å². The molecule has 2 heterocycles. The Balaban J connectivity index is 1.48. The Morgan fingerprint density at radius 1 is 1.19 bits per heavy atom. The average Bonchev–Trinajstić information content (AvgIpc) is 3.38. The van der Waals surface area contributed by atoms with E-state index in [-0.39, 0.29) is 12.0 Å². The molecule has 1 amide bonds. The molecule has 4 rings (SSSR count). The summed E-state index contributed by atoms with van der Waals surface area (Å²) in [5, 5.41) is 0. The van der Waals surface area contributed by atoms with Crippen molar-refractivity contribution in [3.05, 3.63) is 64.6 Å². The number of hydrogen-bond donors (Lipinski definition) is 0. The van der Waals surface area contributed by atoms with E-state index >= 15 is 0 Å². The second-order valence-electron chi connectivity index (χ2n) is 7.34. The summed E-state index contributed by atoms with van der Waals surface area (Å²) < 4.78 is 18.0. The number of ether oxygens (including phenoxy) is 3. The molecule has 7 heteroatoms. The Kier molecular flexibility index (Phi) is 7.27. The molecule has 0 saturated carbocycles. The first kappa shape index (κ1) is 21.9. The Morgan fingerprint density at radius 2 is 2.03 bits per heavy atom. The molecule has 162 valence electrons. The molecule has 0 unspecified atom stereocenters. The molecule has 2 aromatic carbocycles. The zero-order valence-corrected chi connectivity index (χ0v) is 19.0. The van der Waals surface area contributed by atoms with Crippen molar-refractivity contribution in [3.63, 3.8) is 0 Å². The lowest BCUT2D eigenvalue weighted by atomic mass is 10.1. The quantitative estimate of drug-likeness (QED) is 0.410. The number of nitrogens with zero attached hydrogens (tertiary/aromatic N) is 1. The van der Waals surface area contributed by atoms with E-state index in [0.717, 1.165) is 30.6 Å². The van der Waals surface area contributed by atoms with Crippen molar-refractivity contribution < 1.29 is 19.0 Å². The zero-order valence-electron chi connectivity index (χ0n) is 17.4. The number of rotatable bonds is 8. The summed E-state index contributed by atoms with van der Waals surface area (Å²) in [4.78, 5) is 15.2. The zero-order chi connectivity index (χ0) is 21.6. The van der Waals surface area contributed by atoms with Gasteiger partial charge in [0, 0.05) is 6.61 Å². The highest BCUT2D eigenvalue weighted by Crippen LogP contribution is 2.35. The van der Waals surface area contributed by atoms with Crippen molar-refractivity contribution in [2.24, 2.45) is 0 Å². The van der Waals surface area contributed by atoms with Gasteiger partial charge < -0.3 is 14.2 Å². The first-order valence-electron chi connectivity index (χ1n) is 10.4. The normalized spacial score (nSPS) is 20.0. The van der Waals surface area contributed by atoms with Crippen molar-refractivity contribution in [2.75, 3.05) is 19.8 Å². The van der Waals surface area contributed by atoms with Crippen LogP contribution in [-0.4, -0.2) is 41.0 Å². The molecule has 2 aliphatic heterocycles. The first-order chi connectivity index (χ1) is 15.1. The minimum Gasteiger partial charge on any atom is -0.490 e. The van der Waals surface area contributed by atoms with Crippen LogP contribution in [-0.2, 0) is 16.1 Å². The van der Waals surface area contributed by atoms with Crippen molar-refractivity contribution >= 4 is 40.3 Å². The van der Waals surface area contributed by atoms with Gasteiger partial charge in [0.2, 0.25) is 0 Å². The van der Waals surface area contributed by atoms with E-state index in [9.17, 15) is 4.79 Å². The number of carbonyl (C=O) groups excluding carboxylic acids is 1. The average molecular weight is 456 g/mol. The Labute approximate surface area is 192 Å². The van der Waals surface area contributed by atoms with Crippen LogP contribution in [0.2, 0.25) is 0 Å². The van der Waals surface area contributed by atoms with Crippen LogP contribution in [0.5, 0.6) is 11.5 Å². The maximum atomic E-state index is 12.9. The van der Waals surface area contributed by atoms with Gasteiger partial charge in [-0.3, -0.25) is 9.69 Å². The molecule has 1 atom stereocenters. The number of thiocarbonyl (C=S) groups is 1. The van der Waals surface area contributed by atoms with Gasteiger partial charge in [0.05, 0.1) is 24.2 Å². The maximum absolute atomic E-state index is 12.9. The monoisotopic (exact) mass is 455 g/mol. The number of amides is 1. The van der Waals surface area contributed by atoms with Crippen molar-refractivity contribution in [3.8, 4) is 11.5 Å². The van der Waals surface area contributed by atoms with E-state index < -0.39 is 0 Å². The second kappa shape index (κ2) is 10.3. The molecule has 31 heavy (non-hydrogen) atoms. The smallest absolute Gasteiger partial charge is 0.266 e. The third kappa shape index (κ3) is 5.47. The standard InChI is InChI=1S/C24H25NO4S2/c1-2-27-21-13-18(10-11-20(21)29-16-17-7-4-3-5-8-17)14-22-23(26)25(24(30)31-22)15-19-9-6-12-28-19/h3-5,7-8,10-11,13-14,19H,2,6,9,12,15-16H2,1H3/b22-14-/t19-/m1/s1. The van der Waals surface area contributed by atoms with Crippen LogP contribution in [0.15, 0.2) is 53.4 Å². The summed E-state index contributed by atoms with van der Waals surface area (Å²) in [5.74, 6) is 1.27. The van der Waals surface area contributed by atoms with Gasteiger partial charge in [-0.25, -0.2) is 0 Å². The van der Waals surface area contributed by atoms with Crippen LogP contribution in [0.3, 0.4) is 0 Å². The third-order valence-corrected chi connectivity index (χ3v) is 6.46. The maximum Gasteiger partial charge on any atom is 0.266 e. The number of hydrogen-bond acceptors (Lipinski definition) is 6. The van der Waals surface area contributed by atoms with Crippen molar-refractivity contribution in [1.29, 1.82) is 0 Å². The fourth-order valence-electron chi connectivity index (χ4n) is 3.54. The minimum atomic E-state index is -0.0622. The topological polar surface area (TPSA) is 48.0 Å². The summed E-state index contributed by atoms with van der Waals surface area (Å²) in [6, 6.07) is 15.7. The van der Waals surface area contributed by atoms with Gasteiger partial charge >= 0.3 is 0 Å². The molecule has 0 bridgehead atoms. The molecular formula is C24H25NO4S2. The van der Waals surface area contributed by atoms with Crippen molar-refractivity contribution in [2.45, 2.75) is 32.5 Å². The number of thioether (sulfide) groups is 1. The Bertz CT molecular complexity index is 971. The summed E-state index contributed by atoms with van der Waals surface area (Å²) in [5.41, 5.74) is 1.96. The van der Waals surface area contributed by atoms with Crippen LogP contribution in [0.25, 0.3) is 6.08 Å². The molecule has 0 aromatic heterocycles. The predicted molar refractivity (Wildman–Crippen MR) is 127 cm³/mol. The lowest BCUT2D eigenvalue weighted by Gasteiger charge is -2.18. The van der Waals surface area contributed by atoms with Gasteiger partial charge in [0.1, 0.15) is 10.9 Å². The molecule has 5 nitrogen and oxygen atoms in total. The first-order valence-corrected chi connectivity index (χ1v) is 11.7. The number of benzene rings is 2. The third-order valence-electron chi connectivity index (χ3n) is 5.09. The molecule has 0 N–H and O–H groups in total. The molecular weight excluding hydrogens is 430 g/mol. The van der Waals surface area contributed by atoms with Gasteiger partial charge in [0.15, 0.2) is 11.5 Å². The van der Waals surface area contributed by atoms with E-state index in [0.29, 0.717) is 40.5 Å². The fraction of sp³-hybridized carbons (Fsp3) is 0.333. The van der Waals surface area contributed by atoms with Gasteiger partial charge in [-0.2, -0.15) is 0 Å². The van der Waals surface area contributed by atoms with Crippen LogP contribution >= 0.6 is 24.0 Å². The van der Waals surface area contributed by atoms with Gasteiger partial charge in [-0.05, 0) is 49.1 Å². The highest BCUT2D eigenvalue weighted by Gasteiger charge is 2.34. The van der Waals surface area contributed by atoms with Crippen molar-refractivity contribution in [1.82, 2.24) is 4.90 Å². The summed E-state index contributed by atoms with van der Waals surface area (Å²) in [6.45, 7) is 4.20. The molecule has 2 aromatic rings. The summed E-state index contributed by atoms with van der Waals surface area (Å²) >= 11 is 6.77. The summed E-state index contributed by atoms with van der Waals surface area (Å²) in [7, 11) is 0. The van der Waals surface area contributed by atoms with Crippen LogP contribution in [0.1, 0.15) is 30.9 Å². The minimum absolute atomic E-state index is 0.0622. The lowest BCUT2D eigenvalue weighted by Crippen LogP contribution is -2.35. The van der Waals surface area contributed by atoms with E-state index in [4.69, 9.17) is 26.4 Å². The lowest BCUT2D eigenvalue weighted by molar-refractivity contribution is -0.123. The molecule has 2 fully saturated rings. The molecule has 0 radical (unpaired) electrons. The van der Waals surface area contributed by atoms with Crippen LogP contribution in [0.4, 0.5) is 0 Å². The van der Waals surface area contributed by atoms with E-state index in [1.165, 1.54) is 11.8 Å². The van der Waals surface area contributed by atoms with Gasteiger partial charge in [0.25, 0.3) is 5.91 Å². The predicted octanol–water partition coefficient (Wildman–Crippen LogP) is 5.04. The number of carbonyl (C=O) groups is 1. The summed E-state index contributed by atoms with van der Waals surface area (Å²) in [6.07, 6.45) is 3.94. The van der Waals surface area contributed by atoms with E-state index in [1.54, 1.807) is 4.90 Å². The SMILES string of the molecule is CCOc1cc(/C=C2\SC(=S)N(C[C@H]3CCCO3)C2=O)ccc1OCc1ccccc1. The molecule has 2 aliphatic rings. The fourth-order valence-corrected chi connectivity index (χ4v) is 4.81. The second-order valence-corrected chi connectivity index (χ2v) is 9.02. The highest BCUT2D eigenvalue weighted by molar-refractivity contribution is 8.26.